The minimum Gasteiger partial charge on any atom is -0.544 e. The third kappa shape index (κ3) is 9.79. The quantitative estimate of drug-likeness (QED) is 0.167. The highest BCUT2D eigenvalue weighted by Crippen LogP contribution is 2.40. The molecule has 10 nitrogen and oxygen atoms in total. The summed E-state index contributed by atoms with van der Waals surface area (Å²) in [6, 6.07) is 13.1. The molecule has 12 heteroatoms. The van der Waals surface area contributed by atoms with Gasteiger partial charge in [-0.15, -0.1) is 0 Å². The molecule has 1 aliphatic heterocycles. The van der Waals surface area contributed by atoms with Crippen LogP contribution in [0.2, 0.25) is 23.2 Å². The number of hydrogen-bond donors (Lipinski definition) is 0. The van der Waals surface area contributed by atoms with E-state index in [1.807, 2.05) is 30.3 Å². The molecule has 3 rings (SSSR count). The average Bonchev–Trinajstić information content (AvgIpc) is 2.90. The largest absolute Gasteiger partial charge is 0.544 e. The molecule has 0 aliphatic carbocycles. The van der Waals surface area contributed by atoms with Crippen molar-refractivity contribution < 1.29 is 47.3 Å². The first-order valence-electron chi connectivity index (χ1n) is 14.7. The van der Waals surface area contributed by atoms with Gasteiger partial charge in [0.2, 0.25) is 8.32 Å². The molecule has 0 radical (unpaired) electrons. The summed E-state index contributed by atoms with van der Waals surface area (Å²) in [5.41, 5.74) is 2.31. The minimum atomic E-state index is -2.00. The van der Waals surface area contributed by atoms with Crippen LogP contribution in [0, 0.1) is 0 Å². The van der Waals surface area contributed by atoms with E-state index in [0.29, 0.717) is 17.0 Å². The van der Waals surface area contributed by atoms with Crippen LogP contribution in [0.15, 0.2) is 42.5 Å². The first-order valence-corrected chi connectivity index (χ1v) is 18.0. The van der Waals surface area contributed by atoms with Gasteiger partial charge in [-0.1, -0.05) is 56.6 Å². The molecule has 2 aromatic rings. The Kier molecular flexibility index (Phi) is 11.8. The Bertz CT molecular complexity index is 1380. The molecule has 0 saturated carbocycles. The molecule has 0 aromatic heterocycles. The van der Waals surface area contributed by atoms with E-state index >= 15 is 0 Å². The Balaban J connectivity index is 1.98. The fourth-order valence-electron chi connectivity index (χ4n) is 4.75. The van der Waals surface area contributed by atoms with Gasteiger partial charge in [0.15, 0.2) is 18.3 Å². The highest BCUT2D eigenvalue weighted by atomic mass is 35.5. The SMILES string of the molecule is CC(=O)OC[C@H]1O[C@@H](c2ccc(Cl)c(Cc3ccc(O[Si](C)(C)C(C)(C)C)cc3)c2)[C@H](OC(C)=O)[C@@H](OC(C)=O)[C@@H]1OC(C)=O. The summed E-state index contributed by atoms with van der Waals surface area (Å²) in [5, 5.41) is 0.570. The summed E-state index contributed by atoms with van der Waals surface area (Å²) < 4.78 is 34.6. The van der Waals surface area contributed by atoms with Crippen LogP contribution in [0.5, 0.6) is 5.75 Å². The van der Waals surface area contributed by atoms with Crippen LogP contribution in [0.1, 0.15) is 71.3 Å². The first-order chi connectivity index (χ1) is 20.9. The molecule has 0 unspecified atom stereocenters. The van der Waals surface area contributed by atoms with Gasteiger partial charge in [-0.3, -0.25) is 19.2 Å². The summed E-state index contributed by atoms with van der Waals surface area (Å²) in [4.78, 5) is 48.1. The molecule has 0 bridgehead atoms. The number of carbonyl (C=O) groups is 4. The summed E-state index contributed by atoms with van der Waals surface area (Å²) in [5.74, 6) is -1.83. The van der Waals surface area contributed by atoms with Crippen molar-refractivity contribution in [2.45, 2.75) is 104 Å². The zero-order valence-corrected chi connectivity index (χ0v) is 29.1. The predicted molar refractivity (Wildman–Crippen MR) is 169 cm³/mol. The smallest absolute Gasteiger partial charge is 0.303 e. The predicted octanol–water partition coefficient (Wildman–Crippen LogP) is 6.11. The number of carbonyl (C=O) groups excluding carboxylic acids is 4. The number of ether oxygens (including phenoxy) is 5. The van der Waals surface area contributed by atoms with E-state index in [1.54, 1.807) is 12.1 Å². The molecule has 5 atom stereocenters. The van der Waals surface area contributed by atoms with Gasteiger partial charge in [-0.2, -0.15) is 0 Å². The van der Waals surface area contributed by atoms with Crippen LogP contribution in [-0.2, 0) is 49.3 Å². The van der Waals surface area contributed by atoms with Crippen molar-refractivity contribution in [1.82, 2.24) is 0 Å². The summed E-state index contributed by atoms with van der Waals surface area (Å²) in [6.07, 6.45) is -5.27. The Hall–Kier alpha value is -3.41. The third-order valence-corrected chi connectivity index (χ3v) is 12.6. The summed E-state index contributed by atoms with van der Waals surface area (Å²) in [6.45, 7) is 15.4. The molecular weight excluding hydrogens is 620 g/mol. The lowest BCUT2D eigenvalue weighted by molar-refractivity contribution is -0.254. The number of hydrogen-bond acceptors (Lipinski definition) is 10. The molecule has 0 spiro atoms. The van der Waals surface area contributed by atoms with E-state index in [4.69, 9.17) is 39.7 Å². The molecule has 45 heavy (non-hydrogen) atoms. The van der Waals surface area contributed by atoms with Gasteiger partial charge in [0.25, 0.3) is 0 Å². The lowest BCUT2D eigenvalue weighted by atomic mass is 9.89. The highest BCUT2D eigenvalue weighted by Gasteiger charge is 2.52. The van der Waals surface area contributed by atoms with E-state index < -0.39 is 62.7 Å². The van der Waals surface area contributed by atoms with Gasteiger partial charge in [-0.05, 0) is 59.4 Å². The molecule has 1 aliphatic rings. The molecular formula is C33H43ClO10Si. The number of halogens is 1. The third-order valence-electron chi connectivity index (χ3n) is 7.89. The Morgan fingerprint density at radius 2 is 1.36 bits per heavy atom. The molecule has 1 saturated heterocycles. The molecule has 246 valence electrons. The van der Waals surface area contributed by atoms with Crippen molar-refractivity contribution in [3.63, 3.8) is 0 Å². The molecule has 2 aromatic carbocycles. The Morgan fingerprint density at radius 1 is 0.800 bits per heavy atom. The molecule has 0 amide bonds. The van der Waals surface area contributed by atoms with Crippen LogP contribution in [0.4, 0.5) is 0 Å². The van der Waals surface area contributed by atoms with Crippen molar-refractivity contribution in [1.29, 1.82) is 0 Å². The number of esters is 4. The lowest BCUT2D eigenvalue weighted by Crippen LogP contribution is -2.59. The maximum atomic E-state index is 12.3. The van der Waals surface area contributed by atoms with Crippen LogP contribution >= 0.6 is 11.6 Å². The number of rotatable bonds is 10. The van der Waals surface area contributed by atoms with E-state index in [0.717, 1.165) is 16.9 Å². The van der Waals surface area contributed by atoms with Crippen LogP contribution in [0.3, 0.4) is 0 Å². The maximum absolute atomic E-state index is 12.3. The van der Waals surface area contributed by atoms with Crippen LogP contribution in [-0.4, -0.2) is 63.2 Å². The van der Waals surface area contributed by atoms with Gasteiger partial charge in [0.1, 0.15) is 24.6 Å². The maximum Gasteiger partial charge on any atom is 0.303 e. The van der Waals surface area contributed by atoms with Crippen LogP contribution < -0.4 is 4.43 Å². The fourth-order valence-corrected chi connectivity index (χ4v) is 5.96. The van der Waals surface area contributed by atoms with E-state index in [-0.39, 0.29) is 11.6 Å². The van der Waals surface area contributed by atoms with Gasteiger partial charge in [0.05, 0.1) is 0 Å². The van der Waals surface area contributed by atoms with Crippen LogP contribution in [0.25, 0.3) is 0 Å². The number of benzene rings is 2. The minimum absolute atomic E-state index is 0.0642. The topological polar surface area (TPSA) is 124 Å². The second-order valence-corrected chi connectivity index (χ2v) is 17.8. The second-order valence-electron chi connectivity index (χ2n) is 12.7. The normalized spacial score (nSPS) is 21.8. The monoisotopic (exact) mass is 662 g/mol. The standard InChI is InChI=1S/C33H43ClO10Si/c1-19(35)39-18-28-30(40-20(2)36)32(42-22(4)38)31(41-21(3)37)29(43-28)24-12-15-27(34)25(17-24)16-23-10-13-26(14-11-23)44-45(8,9)33(5,6)7/h10-15,17,28-32H,16,18H2,1-9H3/t28-,29+,30-,31+,32+/m1/s1. The van der Waals surface area contributed by atoms with Crippen molar-refractivity contribution in [3.05, 3.63) is 64.2 Å². The second kappa shape index (κ2) is 14.8. The van der Waals surface area contributed by atoms with E-state index in [9.17, 15) is 19.2 Å². The zero-order valence-electron chi connectivity index (χ0n) is 27.3. The lowest BCUT2D eigenvalue weighted by Gasteiger charge is -2.44. The van der Waals surface area contributed by atoms with E-state index in [1.165, 1.54) is 27.7 Å². The Labute approximate surface area is 270 Å². The van der Waals surface area contributed by atoms with Crippen molar-refractivity contribution >= 4 is 43.8 Å². The zero-order chi connectivity index (χ0) is 33.7. The molecule has 1 heterocycles. The van der Waals surface area contributed by atoms with Gasteiger partial charge < -0.3 is 28.1 Å². The van der Waals surface area contributed by atoms with Crippen molar-refractivity contribution in [3.8, 4) is 5.75 Å². The molecule has 0 N–H and O–H groups in total. The van der Waals surface area contributed by atoms with Gasteiger partial charge >= 0.3 is 23.9 Å². The Morgan fingerprint density at radius 3 is 1.89 bits per heavy atom. The van der Waals surface area contributed by atoms with E-state index in [2.05, 4.69) is 33.9 Å². The summed E-state index contributed by atoms with van der Waals surface area (Å²) in [7, 11) is -2.00. The summed E-state index contributed by atoms with van der Waals surface area (Å²) >= 11 is 6.64. The van der Waals surface area contributed by atoms with Crippen molar-refractivity contribution in [2.75, 3.05) is 6.61 Å². The highest BCUT2D eigenvalue weighted by molar-refractivity contribution is 6.74. The average molecular weight is 663 g/mol. The molecule has 1 fully saturated rings. The van der Waals surface area contributed by atoms with Crippen molar-refractivity contribution in [2.24, 2.45) is 0 Å². The van der Waals surface area contributed by atoms with Gasteiger partial charge in [-0.25, -0.2) is 0 Å². The first kappa shape index (κ1) is 36.1. The fraction of sp³-hybridized carbons (Fsp3) is 0.515. The van der Waals surface area contributed by atoms with Gasteiger partial charge in [0, 0.05) is 32.7 Å².